The van der Waals surface area contributed by atoms with E-state index in [0.29, 0.717) is 12.6 Å². The SMILES string of the molecule is CCCCc1ccc(NCc2ccc(N3CCCC[C@H]3C)c([N+](=O)[O-])c2)cc1. The van der Waals surface area contributed by atoms with Gasteiger partial charge in [-0.2, -0.15) is 0 Å². The number of rotatable bonds is 8. The quantitative estimate of drug-likeness (QED) is 0.455. The van der Waals surface area contributed by atoms with E-state index in [4.69, 9.17) is 0 Å². The van der Waals surface area contributed by atoms with Gasteiger partial charge in [-0.1, -0.05) is 31.5 Å². The van der Waals surface area contributed by atoms with Crippen LogP contribution in [0.2, 0.25) is 0 Å². The molecule has 0 radical (unpaired) electrons. The van der Waals surface area contributed by atoms with Gasteiger partial charge in [-0.15, -0.1) is 0 Å². The average Bonchev–Trinajstić information content (AvgIpc) is 2.72. The first-order chi connectivity index (χ1) is 13.6. The molecule has 0 aliphatic carbocycles. The van der Waals surface area contributed by atoms with Gasteiger partial charge in [-0.3, -0.25) is 10.1 Å². The van der Waals surface area contributed by atoms with Gasteiger partial charge in [0.05, 0.1) is 4.92 Å². The maximum absolute atomic E-state index is 11.7. The van der Waals surface area contributed by atoms with Crippen LogP contribution in [0.1, 0.15) is 57.1 Å². The Labute approximate surface area is 167 Å². The second-order valence-electron chi connectivity index (χ2n) is 7.77. The molecular weight excluding hydrogens is 350 g/mol. The van der Waals surface area contributed by atoms with Crippen molar-refractivity contribution in [2.75, 3.05) is 16.8 Å². The lowest BCUT2D eigenvalue weighted by molar-refractivity contribution is -0.384. The molecule has 1 atom stereocenters. The summed E-state index contributed by atoms with van der Waals surface area (Å²) in [4.78, 5) is 13.6. The van der Waals surface area contributed by atoms with Crippen molar-refractivity contribution in [3.8, 4) is 0 Å². The smallest absolute Gasteiger partial charge is 0.292 e. The lowest BCUT2D eigenvalue weighted by Crippen LogP contribution is -2.37. The number of anilines is 2. The summed E-state index contributed by atoms with van der Waals surface area (Å²) in [6.45, 7) is 5.82. The molecule has 5 heteroatoms. The summed E-state index contributed by atoms with van der Waals surface area (Å²) in [5.41, 5.74) is 4.28. The highest BCUT2D eigenvalue weighted by atomic mass is 16.6. The molecule has 0 saturated carbocycles. The van der Waals surface area contributed by atoms with Crippen LogP contribution in [0.4, 0.5) is 17.1 Å². The number of hydrogen-bond acceptors (Lipinski definition) is 4. The van der Waals surface area contributed by atoms with Gasteiger partial charge in [0, 0.05) is 30.9 Å². The fourth-order valence-corrected chi connectivity index (χ4v) is 3.90. The molecule has 150 valence electrons. The number of nitro groups is 1. The van der Waals surface area contributed by atoms with E-state index >= 15 is 0 Å². The van der Waals surface area contributed by atoms with Crippen molar-refractivity contribution < 1.29 is 4.92 Å². The van der Waals surface area contributed by atoms with Crippen molar-refractivity contribution in [2.45, 2.75) is 65.0 Å². The number of hydrogen-bond donors (Lipinski definition) is 1. The van der Waals surface area contributed by atoms with Crippen LogP contribution < -0.4 is 10.2 Å². The van der Waals surface area contributed by atoms with E-state index in [9.17, 15) is 10.1 Å². The lowest BCUT2D eigenvalue weighted by atomic mass is 10.0. The van der Waals surface area contributed by atoms with Crippen LogP contribution in [-0.4, -0.2) is 17.5 Å². The second-order valence-corrected chi connectivity index (χ2v) is 7.77. The number of nitrogens with one attached hydrogen (secondary N) is 1. The Morgan fingerprint density at radius 1 is 1.14 bits per heavy atom. The van der Waals surface area contributed by atoms with Crippen molar-refractivity contribution in [2.24, 2.45) is 0 Å². The fourth-order valence-electron chi connectivity index (χ4n) is 3.90. The minimum atomic E-state index is -0.247. The molecule has 0 unspecified atom stereocenters. The van der Waals surface area contributed by atoms with Crippen molar-refractivity contribution >= 4 is 17.1 Å². The van der Waals surface area contributed by atoms with E-state index in [1.807, 2.05) is 12.1 Å². The zero-order valence-electron chi connectivity index (χ0n) is 17.0. The molecule has 1 N–H and O–H groups in total. The van der Waals surface area contributed by atoms with Gasteiger partial charge in [0.15, 0.2) is 0 Å². The van der Waals surface area contributed by atoms with Crippen LogP contribution in [0, 0.1) is 10.1 Å². The number of aryl methyl sites for hydroxylation is 1. The van der Waals surface area contributed by atoms with Gasteiger partial charge in [0.1, 0.15) is 5.69 Å². The van der Waals surface area contributed by atoms with Gasteiger partial charge >= 0.3 is 0 Å². The van der Waals surface area contributed by atoms with Crippen LogP contribution in [0.25, 0.3) is 0 Å². The Bertz CT molecular complexity index is 789. The summed E-state index contributed by atoms with van der Waals surface area (Å²) in [7, 11) is 0. The number of unbranched alkanes of at least 4 members (excludes halogenated alkanes) is 1. The van der Waals surface area contributed by atoms with Gasteiger partial charge in [0.25, 0.3) is 5.69 Å². The molecule has 0 amide bonds. The second kappa shape index (κ2) is 9.58. The number of piperidine rings is 1. The third-order valence-electron chi connectivity index (χ3n) is 5.62. The van der Waals surface area contributed by atoms with E-state index in [2.05, 4.69) is 48.3 Å². The van der Waals surface area contributed by atoms with Crippen LogP contribution in [-0.2, 0) is 13.0 Å². The molecule has 3 rings (SSSR count). The maximum atomic E-state index is 11.7. The van der Waals surface area contributed by atoms with E-state index in [1.165, 1.54) is 24.8 Å². The summed E-state index contributed by atoms with van der Waals surface area (Å²) < 4.78 is 0. The summed E-state index contributed by atoms with van der Waals surface area (Å²) in [5, 5.41) is 15.1. The van der Waals surface area contributed by atoms with E-state index < -0.39 is 0 Å². The molecular formula is C23H31N3O2. The molecule has 1 heterocycles. The molecule has 0 aromatic heterocycles. The molecule has 1 fully saturated rings. The van der Waals surface area contributed by atoms with Gasteiger partial charge in [-0.05, 0) is 68.4 Å². The molecule has 0 bridgehead atoms. The normalized spacial score (nSPS) is 16.8. The standard InChI is InChI=1S/C23H31N3O2/c1-3-4-8-19-9-12-21(13-10-19)24-17-20-11-14-22(23(16-20)26(27)28)25-15-6-5-7-18(25)2/h9-14,16,18,24H,3-8,15,17H2,1-2H3/t18-/m1/s1. The number of benzene rings is 2. The molecule has 2 aromatic carbocycles. The van der Waals surface area contributed by atoms with Crippen molar-refractivity contribution in [3.05, 3.63) is 63.7 Å². The molecule has 5 nitrogen and oxygen atoms in total. The summed E-state index contributed by atoms with van der Waals surface area (Å²) in [6.07, 6.45) is 6.90. The summed E-state index contributed by atoms with van der Waals surface area (Å²) >= 11 is 0. The fraction of sp³-hybridized carbons (Fsp3) is 0.478. The maximum Gasteiger partial charge on any atom is 0.292 e. The minimum Gasteiger partial charge on any atom is -0.381 e. The summed E-state index contributed by atoms with van der Waals surface area (Å²) in [5.74, 6) is 0. The van der Waals surface area contributed by atoms with Crippen LogP contribution >= 0.6 is 0 Å². The average molecular weight is 382 g/mol. The molecule has 1 aliphatic rings. The Hall–Kier alpha value is -2.56. The zero-order chi connectivity index (χ0) is 19.9. The highest BCUT2D eigenvalue weighted by Gasteiger charge is 2.25. The van der Waals surface area contributed by atoms with Gasteiger partial charge in [-0.25, -0.2) is 0 Å². The molecule has 1 aliphatic heterocycles. The summed E-state index contributed by atoms with van der Waals surface area (Å²) in [6, 6.07) is 14.5. The highest BCUT2D eigenvalue weighted by molar-refractivity contribution is 5.65. The Kier molecular flexibility index (Phi) is 6.90. The van der Waals surface area contributed by atoms with Crippen LogP contribution in [0.3, 0.4) is 0 Å². The van der Waals surface area contributed by atoms with E-state index in [0.717, 1.165) is 42.7 Å². The minimum absolute atomic E-state index is 0.211. The Morgan fingerprint density at radius 2 is 1.89 bits per heavy atom. The predicted octanol–water partition coefficient (Wildman–Crippen LogP) is 5.93. The first-order valence-electron chi connectivity index (χ1n) is 10.4. The van der Waals surface area contributed by atoms with Crippen LogP contribution in [0.5, 0.6) is 0 Å². The third kappa shape index (κ3) is 5.03. The zero-order valence-corrected chi connectivity index (χ0v) is 17.0. The highest BCUT2D eigenvalue weighted by Crippen LogP contribution is 2.33. The van der Waals surface area contributed by atoms with Crippen molar-refractivity contribution in [3.63, 3.8) is 0 Å². The van der Waals surface area contributed by atoms with Gasteiger partial charge in [0.2, 0.25) is 0 Å². The third-order valence-corrected chi connectivity index (χ3v) is 5.62. The Morgan fingerprint density at radius 3 is 2.57 bits per heavy atom. The van der Waals surface area contributed by atoms with Crippen LogP contribution in [0.15, 0.2) is 42.5 Å². The lowest BCUT2D eigenvalue weighted by Gasteiger charge is -2.35. The number of nitro benzene ring substituents is 1. The van der Waals surface area contributed by atoms with E-state index in [1.54, 1.807) is 6.07 Å². The van der Waals surface area contributed by atoms with Gasteiger partial charge < -0.3 is 10.2 Å². The monoisotopic (exact) mass is 381 g/mol. The predicted molar refractivity (Wildman–Crippen MR) is 116 cm³/mol. The molecule has 1 saturated heterocycles. The number of nitrogens with zero attached hydrogens (tertiary/aromatic N) is 2. The van der Waals surface area contributed by atoms with E-state index in [-0.39, 0.29) is 10.6 Å². The topological polar surface area (TPSA) is 58.4 Å². The molecule has 0 spiro atoms. The first kappa shape index (κ1) is 20.2. The molecule has 28 heavy (non-hydrogen) atoms. The molecule has 2 aromatic rings. The Balaban J connectivity index is 1.69. The largest absolute Gasteiger partial charge is 0.381 e. The first-order valence-corrected chi connectivity index (χ1v) is 10.4. The van der Waals surface area contributed by atoms with Crippen molar-refractivity contribution in [1.29, 1.82) is 0 Å². The van der Waals surface area contributed by atoms with Crippen molar-refractivity contribution in [1.82, 2.24) is 0 Å².